The summed E-state index contributed by atoms with van der Waals surface area (Å²) in [5.74, 6) is -2.88. The molecule has 1 aromatic carbocycles. The number of nitrogens with one attached hydrogen (secondary N) is 1. The fourth-order valence-corrected chi connectivity index (χ4v) is 1.88. The zero-order valence-electron chi connectivity index (χ0n) is 11.6. The Balaban J connectivity index is 1.92. The third-order valence-electron chi connectivity index (χ3n) is 2.94. The van der Waals surface area contributed by atoms with Crippen molar-refractivity contribution in [1.29, 1.82) is 0 Å². The molecule has 0 bridgehead atoms. The summed E-state index contributed by atoms with van der Waals surface area (Å²) < 4.78 is 28.0. The number of aliphatic hydroxyl groups is 1. The van der Waals surface area contributed by atoms with Crippen molar-refractivity contribution in [2.45, 2.75) is 12.6 Å². The predicted octanol–water partition coefficient (Wildman–Crippen LogP) is 0.919. The Morgan fingerprint density at radius 3 is 2.61 bits per heavy atom. The monoisotopic (exact) mass is 326 g/mol. The van der Waals surface area contributed by atoms with Crippen LogP contribution >= 0.6 is 0 Å². The van der Waals surface area contributed by atoms with Crippen molar-refractivity contribution in [3.8, 4) is 0 Å². The number of amides is 1. The standard InChI is InChI=1S/C13H12F2N4O4/c14-8-2-1-3-9(15)13(8)10(20)6-16-12(21)7-18-5-4-11(17-18)19(22)23/h1-5,10,20H,6-7H2,(H,16,21). The van der Waals surface area contributed by atoms with Gasteiger partial charge in [0.2, 0.25) is 5.91 Å². The number of nitro groups is 1. The Morgan fingerprint density at radius 1 is 1.39 bits per heavy atom. The first-order valence-electron chi connectivity index (χ1n) is 6.45. The Bertz CT molecular complexity index is 714. The second-order valence-corrected chi connectivity index (χ2v) is 4.58. The smallest absolute Gasteiger partial charge is 0.386 e. The third-order valence-corrected chi connectivity index (χ3v) is 2.94. The van der Waals surface area contributed by atoms with Crippen LogP contribution in [0.4, 0.5) is 14.6 Å². The van der Waals surface area contributed by atoms with Gasteiger partial charge in [-0.3, -0.25) is 4.79 Å². The van der Waals surface area contributed by atoms with Gasteiger partial charge in [-0.05, 0) is 17.1 Å². The molecule has 0 saturated heterocycles. The van der Waals surface area contributed by atoms with Crippen LogP contribution in [0.5, 0.6) is 0 Å². The second kappa shape index (κ2) is 6.92. The summed E-state index contributed by atoms with van der Waals surface area (Å²) in [7, 11) is 0. The van der Waals surface area contributed by atoms with E-state index in [1.54, 1.807) is 0 Å². The number of hydrogen-bond donors (Lipinski definition) is 2. The molecule has 0 saturated carbocycles. The molecule has 0 aliphatic carbocycles. The van der Waals surface area contributed by atoms with Gasteiger partial charge in [0.25, 0.3) is 0 Å². The molecule has 0 spiro atoms. The maximum atomic E-state index is 13.5. The van der Waals surface area contributed by atoms with Gasteiger partial charge in [0.1, 0.15) is 24.3 Å². The molecule has 1 heterocycles. The molecule has 0 radical (unpaired) electrons. The van der Waals surface area contributed by atoms with Crippen LogP contribution < -0.4 is 5.32 Å². The van der Waals surface area contributed by atoms with Crippen molar-refractivity contribution < 1.29 is 23.6 Å². The molecule has 1 amide bonds. The maximum Gasteiger partial charge on any atom is 0.389 e. The zero-order valence-corrected chi connectivity index (χ0v) is 11.6. The molecule has 1 atom stereocenters. The molecular weight excluding hydrogens is 314 g/mol. The first kappa shape index (κ1) is 16.5. The van der Waals surface area contributed by atoms with Crippen LogP contribution in [0.2, 0.25) is 0 Å². The topological polar surface area (TPSA) is 110 Å². The normalized spacial score (nSPS) is 12.0. The Hall–Kier alpha value is -2.88. The minimum absolute atomic E-state index is 0.333. The Kier molecular flexibility index (Phi) is 4.96. The van der Waals surface area contributed by atoms with Crippen LogP contribution in [0.1, 0.15) is 11.7 Å². The number of halogens is 2. The summed E-state index contributed by atoms with van der Waals surface area (Å²) in [5.41, 5.74) is -0.539. The number of carbonyl (C=O) groups excluding carboxylic acids is 1. The average molecular weight is 326 g/mol. The molecular formula is C13H12F2N4O4. The fourth-order valence-electron chi connectivity index (χ4n) is 1.88. The number of carbonyl (C=O) groups is 1. The Labute approximate surface area is 128 Å². The van der Waals surface area contributed by atoms with Gasteiger partial charge in [-0.15, -0.1) is 0 Å². The number of nitrogens with zero attached hydrogens (tertiary/aromatic N) is 3. The van der Waals surface area contributed by atoms with Gasteiger partial charge in [0.15, 0.2) is 0 Å². The van der Waals surface area contributed by atoms with E-state index in [1.165, 1.54) is 6.20 Å². The molecule has 0 aliphatic rings. The molecule has 2 aromatic rings. The van der Waals surface area contributed by atoms with E-state index >= 15 is 0 Å². The van der Waals surface area contributed by atoms with Gasteiger partial charge in [-0.25, -0.2) is 8.78 Å². The molecule has 8 nitrogen and oxygen atoms in total. The second-order valence-electron chi connectivity index (χ2n) is 4.58. The first-order chi connectivity index (χ1) is 10.9. The van der Waals surface area contributed by atoms with Gasteiger partial charge < -0.3 is 20.5 Å². The minimum atomic E-state index is -1.56. The third kappa shape index (κ3) is 4.07. The minimum Gasteiger partial charge on any atom is -0.386 e. The maximum absolute atomic E-state index is 13.5. The van der Waals surface area contributed by atoms with Crippen LogP contribution in [-0.4, -0.2) is 32.3 Å². The molecule has 2 rings (SSSR count). The van der Waals surface area contributed by atoms with Crippen molar-refractivity contribution in [1.82, 2.24) is 15.1 Å². The number of rotatable bonds is 6. The lowest BCUT2D eigenvalue weighted by atomic mass is 10.1. The summed E-state index contributed by atoms with van der Waals surface area (Å²) in [6, 6.07) is 4.26. The average Bonchev–Trinajstić information content (AvgIpc) is 2.93. The SMILES string of the molecule is O=C(Cn1ccc([N+](=O)[O-])n1)NCC(O)c1c(F)cccc1F. The summed E-state index contributed by atoms with van der Waals surface area (Å²) in [6.07, 6.45) is -0.322. The molecule has 1 unspecified atom stereocenters. The molecule has 1 aromatic heterocycles. The number of aliphatic hydroxyl groups excluding tert-OH is 1. The number of aromatic nitrogens is 2. The Morgan fingerprint density at radius 2 is 2.04 bits per heavy atom. The molecule has 122 valence electrons. The van der Waals surface area contributed by atoms with Crippen molar-refractivity contribution in [2.75, 3.05) is 6.54 Å². The van der Waals surface area contributed by atoms with Gasteiger partial charge >= 0.3 is 5.82 Å². The van der Waals surface area contributed by atoms with E-state index in [9.17, 15) is 28.8 Å². The van der Waals surface area contributed by atoms with Gasteiger partial charge in [0, 0.05) is 6.54 Å². The van der Waals surface area contributed by atoms with Crippen molar-refractivity contribution in [3.63, 3.8) is 0 Å². The number of hydrogen-bond acceptors (Lipinski definition) is 5. The van der Waals surface area contributed by atoms with E-state index in [-0.39, 0.29) is 6.54 Å². The van der Waals surface area contributed by atoms with Crippen LogP contribution in [0.3, 0.4) is 0 Å². The summed E-state index contributed by atoms with van der Waals surface area (Å²) in [4.78, 5) is 21.4. The lowest BCUT2D eigenvalue weighted by Crippen LogP contribution is -2.32. The van der Waals surface area contributed by atoms with Crippen molar-refractivity contribution in [2.24, 2.45) is 0 Å². The van der Waals surface area contributed by atoms with E-state index < -0.39 is 46.5 Å². The van der Waals surface area contributed by atoms with Crippen molar-refractivity contribution in [3.05, 3.63) is 57.8 Å². The van der Waals surface area contributed by atoms with Gasteiger partial charge in [0.05, 0.1) is 22.9 Å². The molecule has 10 heteroatoms. The van der Waals surface area contributed by atoms with E-state index in [2.05, 4.69) is 10.4 Å². The molecule has 0 fully saturated rings. The highest BCUT2D eigenvalue weighted by Crippen LogP contribution is 2.19. The summed E-state index contributed by atoms with van der Waals surface area (Å²) in [5, 5.41) is 26.0. The highest BCUT2D eigenvalue weighted by molar-refractivity contribution is 5.75. The predicted molar refractivity (Wildman–Crippen MR) is 73.2 cm³/mol. The largest absolute Gasteiger partial charge is 0.389 e. The van der Waals surface area contributed by atoms with E-state index in [4.69, 9.17) is 0 Å². The first-order valence-corrected chi connectivity index (χ1v) is 6.45. The quantitative estimate of drug-likeness (QED) is 0.606. The zero-order chi connectivity index (χ0) is 17.0. The molecule has 2 N–H and O–H groups in total. The molecule has 23 heavy (non-hydrogen) atoms. The summed E-state index contributed by atoms with van der Waals surface area (Å²) in [6.45, 7) is -0.750. The highest BCUT2D eigenvalue weighted by Gasteiger charge is 2.19. The number of benzene rings is 1. The van der Waals surface area contributed by atoms with Crippen LogP contribution in [0.15, 0.2) is 30.5 Å². The summed E-state index contributed by atoms with van der Waals surface area (Å²) >= 11 is 0. The van der Waals surface area contributed by atoms with Gasteiger partial charge in [-0.2, -0.15) is 4.68 Å². The van der Waals surface area contributed by atoms with Crippen LogP contribution in [0.25, 0.3) is 0 Å². The van der Waals surface area contributed by atoms with E-state index in [1.807, 2.05) is 0 Å². The van der Waals surface area contributed by atoms with E-state index in [0.717, 1.165) is 28.9 Å². The van der Waals surface area contributed by atoms with Crippen molar-refractivity contribution >= 4 is 11.7 Å². The lowest BCUT2D eigenvalue weighted by molar-refractivity contribution is -0.389. The molecule has 0 aliphatic heterocycles. The van der Waals surface area contributed by atoms with Gasteiger partial charge in [-0.1, -0.05) is 6.07 Å². The highest BCUT2D eigenvalue weighted by atomic mass is 19.1. The van der Waals surface area contributed by atoms with Crippen LogP contribution in [-0.2, 0) is 11.3 Å². The lowest BCUT2D eigenvalue weighted by Gasteiger charge is -2.13. The van der Waals surface area contributed by atoms with E-state index in [0.29, 0.717) is 0 Å². The van der Waals surface area contributed by atoms with Crippen LogP contribution in [0, 0.1) is 21.7 Å². The fraction of sp³-hybridized carbons (Fsp3) is 0.231.